The Morgan fingerprint density at radius 1 is 1.09 bits per heavy atom. The van der Waals surface area contributed by atoms with Gasteiger partial charge in [0.2, 0.25) is 0 Å². The Morgan fingerprint density at radius 2 is 1.83 bits per heavy atom. The van der Waals surface area contributed by atoms with Gasteiger partial charge in [0.25, 0.3) is 0 Å². The van der Waals surface area contributed by atoms with Crippen LogP contribution in [0.3, 0.4) is 0 Å². The number of piperidine rings is 1. The third-order valence-electron chi connectivity index (χ3n) is 4.71. The van der Waals surface area contributed by atoms with Gasteiger partial charge in [0.1, 0.15) is 11.5 Å². The van der Waals surface area contributed by atoms with Crippen molar-refractivity contribution in [2.24, 2.45) is 0 Å². The zero-order valence-corrected chi connectivity index (χ0v) is 12.8. The number of H-pyrrole nitrogens is 1. The fourth-order valence-electron chi connectivity index (χ4n) is 3.39. The van der Waals surface area contributed by atoms with E-state index in [4.69, 9.17) is 5.73 Å². The standard InChI is InChI=1S/C18H20N4O/c19-16-11-15(14-5-8-21-17(14)22-16)12-1-3-13(4-2-12)18(23)6-9-20-10-7-18/h1-5,8,11,20,23H,6-7,9-10H2,(H3,19,21,22). The molecule has 5 heteroatoms. The monoisotopic (exact) mass is 308 g/mol. The number of aromatic amines is 1. The number of rotatable bonds is 2. The maximum Gasteiger partial charge on any atom is 0.140 e. The van der Waals surface area contributed by atoms with Crippen LogP contribution in [-0.4, -0.2) is 28.2 Å². The SMILES string of the molecule is Nc1cc(-c2ccc(C3(O)CCNCC3)cc2)c2cc[nH]c2n1. The van der Waals surface area contributed by atoms with Crippen molar-refractivity contribution in [1.29, 1.82) is 0 Å². The molecule has 1 fully saturated rings. The molecule has 4 rings (SSSR count). The van der Waals surface area contributed by atoms with Crippen molar-refractivity contribution in [2.45, 2.75) is 18.4 Å². The lowest BCUT2D eigenvalue weighted by Gasteiger charge is -2.33. The van der Waals surface area contributed by atoms with Gasteiger partial charge in [-0.15, -0.1) is 0 Å². The van der Waals surface area contributed by atoms with Gasteiger partial charge in [-0.05, 0) is 54.8 Å². The third kappa shape index (κ3) is 2.48. The number of fused-ring (bicyclic) bond motifs is 1. The van der Waals surface area contributed by atoms with Crippen LogP contribution < -0.4 is 11.1 Å². The van der Waals surface area contributed by atoms with E-state index in [1.165, 1.54) is 0 Å². The molecule has 5 N–H and O–H groups in total. The first kappa shape index (κ1) is 14.2. The molecule has 23 heavy (non-hydrogen) atoms. The van der Waals surface area contributed by atoms with Crippen molar-refractivity contribution in [3.63, 3.8) is 0 Å². The smallest absolute Gasteiger partial charge is 0.140 e. The molecular weight excluding hydrogens is 288 g/mol. The maximum absolute atomic E-state index is 10.8. The number of nitrogens with two attached hydrogens (primary N) is 1. The Hall–Kier alpha value is -2.37. The van der Waals surface area contributed by atoms with Crippen LogP contribution in [0.15, 0.2) is 42.6 Å². The summed E-state index contributed by atoms with van der Waals surface area (Å²) in [7, 11) is 0. The van der Waals surface area contributed by atoms with Gasteiger partial charge in [0.15, 0.2) is 0 Å². The van der Waals surface area contributed by atoms with Crippen LogP contribution in [0.25, 0.3) is 22.2 Å². The van der Waals surface area contributed by atoms with E-state index < -0.39 is 5.60 Å². The highest BCUT2D eigenvalue weighted by atomic mass is 16.3. The van der Waals surface area contributed by atoms with E-state index in [0.717, 1.165) is 53.7 Å². The van der Waals surface area contributed by atoms with Gasteiger partial charge >= 0.3 is 0 Å². The molecule has 0 unspecified atom stereocenters. The third-order valence-corrected chi connectivity index (χ3v) is 4.71. The molecule has 2 aromatic heterocycles. The fourth-order valence-corrected chi connectivity index (χ4v) is 3.39. The average molecular weight is 308 g/mol. The number of benzene rings is 1. The molecule has 118 valence electrons. The van der Waals surface area contributed by atoms with Crippen LogP contribution >= 0.6 is 0 Å². The molecule has 0 amide bonds. The van der Waals surface area contributed by atoms with Gasteiger partial charge in [0, 0.05) is 11.6 Å². The highest BCUT2D eigenvalue weighted by Crippen LogP contribution is 2.34. The molecule has 0 atom stereocenters. The Morgan fingerprint density at radius 3 is 2.57 bits per heavy atom. The predicted octanol–water partition coefficient (Wildman–Crippen LogP) is 2.38. The molecule has 0 bridgehead atoms. The van der Waals surface area contributed by atoms with Crippen molar-refractivity contribution in [3.05, 3.63) is 48.2 Å². The number of nitrogens with one attached hydrogen (secondary N) is 2. The van der Waals surface area contributed by atoms with E-state index in [1.54, 1.807) is 0 Å². The van der Waals surface area contributed by atoms with E-state index in [1.807, 2.05) is 30.5 Å². The average Bonchev–Trinajstić information content (AvgIpc) is 3.03. The van der Waals surface area contributed by atoms with Crippen LogP contribution in [0.5, 0.6) is 0 Å². The van der Waals surface area contributed by atoms with Crippen molar-refractivity contribution < 1.29 is 5.11 Å². The Kier molecular flexibility index (Phi) is 3.32. The summed E-state index contributed by atoms with van der Waals surface area (Å²) in [6, 6.07) is 12.1. The summed E-state index contributed by atoms with van der Waals surface area (Å²) in [6.07, 6.45) is 3.36. The van der Waals surface area contributed by atoms with Gasteiger partial charge in [-0.3, -0.25) is 0 Å². The normalized spacial score (nSPS) is 17.4. The molecule has 0 saturated carbocycles. The van der Waals surface area contributed by atoms with Crippen molar-refractivity contribution in [2.75, 3.05) is 18.8 Å². The highest BCUT2D eigenvalue weighted by molar-refractivity contribution is 5.94. The van der Waals surface area contributed by atoms with E-state index in [-0.39, 0.29) is 0 Å². The summed E-state index contributed by atoms with van der Waals surface area (Å²) in [5.41, 5.74) is 9.09. The van der Waals surface area contributed by atoms with Gasteiger partial charge < -0.3 is 21.1 Å². The van der Waals surface area contributed by atoms with Gasteiger partial charge in [-0.2, -0.15) is 0 Å². The van der Waals surface area contributed by atoms with E-state index in [2.05, 4.69) is 27.4 Å². The van der Waals surface area contributed by atoms with Gasteiger partial charge in [-0.25, -0.2) is 4.98 Å². The van der Waals surface area contributed by atoms with Gasteiger partial charge in [-0.1, -0.05) is 24.3 Å². The predicted molar refractivity (Wildman–Crippen MR) is 91.9 cm³/mol. The minimum Gasteiger partial charge on any atom is -0.385 e. The molecule has 1 aliphatic rings. The molecule has 3 heterocycles. The summed E-state index contributed by atoms with van der Waals surface area (Å²) in [4.78, 5) is 7.40. The van der Waals surface area contributed by atoms with Crippen molar-refractivity contribution in [1.82, 2.24) is 15.3 Å². The molecular formula is C18H20N4O. The topological polar surface area (TPSA) is 87.0 Å². The lowest BCUT2D eigenvalue weighted by molar-refractivity contribution is 0.00595. The second-order valence-corrected chi connectivity index (χ2v) is 6.19. The zero-order chi connectivity index (χ0) is 15.9. The van der Waals surface area contributed by atoms with Crippen LogP contribution in [-0.2, 0) is 5.60 Å². The Labute approximate surface area is 134 Å². The number of aromatic nitrogens is 2. The summed E-state index contributed by atoms with van der Waals surface area (Å²) in [6.45, 7) is 1.70. The number of hydrogen-bond acceptors (Lipinski definition) is 4. The molecule has 0 spiro atoms. The minimum atomic E-state index is -0.718. The summed E-state index contributed by atoms with van der Waals surface area (Å²) < 4.78 is 0. The molecule has 1 aliphatic heterocycles. The van der Waals surface area contributed by atoms with Crippen LogP contribution in [0.4, 0.5) is 5.82 Å². The quantitative estimate of drug-likeness (QED) is 0.585. The number of anilines is 1. The van der Waals surface area contributed by atoms with Crippen molar-refractivity contribution >= 4 is 16.9 Å². The van der Waals surface area contributed by atoms with Crippen LogP contribution in [0, 0.1) is 0 Å². The number of hydrogen-bond donors (Lipinski definition) is 4. The number of pyridine rings is 1. The Bertz CT molecular complexity index is 832. The molecule has 0 radical (unpaired) electrons. The largest absolute Gasteiger partial charge is 0.385 e. The van der Waals surface area contributed by atoms with E-state index >= 15 is 0 Å². The van der Waals surface area contributed by atoms with Crippen molar-refractivity contribution in [3.8, 4) is 11.1 Å². The van der Waals surface area contributed by atoms with E-state index in [0.29, 0.717) is 5.82 Å². The second-order valence-electron chi connectivity index (χ2n) is 6.19. The maximum atomic E-state index is 10.8. The molecule has 1 aromatic carbocycles. The number of nitrogens with zero attached hydrogens (tertiary/aromatic N) is 1. The van der Waals surface area contributed by atoms with E-state index in [9.17, 15) is 5.11 Å². The lowest BCUT2D eigenvalue weighted by Crippen LogP contribution is -2.39. The summed E-state index contributed by atoms with van der Waals surface area (Å²) >= 11 is 0. The first-order chi connectivity index (χ1) is 11.2. The second kappa shape index (κ2) is 5.37. The summed E-state index contributed by atoms with van der Waals surface area (Å²) in [5, 5.41) is 15.1. The Balaban J connectivity index is 1.74. The lowest BCUT2D eigenvalue weighted by atomic mass is 9.84. The molecule has 0 aliphatic carbocycles. The molecule has 3 aromatic rings. The fraction of sp³-hybridized carbons (Fsp3) is 0.278. The number of nitrogen functional groups attached to an aromatic ring is 1. The first-order valence-corrected chi connectivity index (χ1v) is 7.93. The minimum absolute atomic E-state index is 0.496. The zero-order valence-electron chi connectivity index (χ0n) is 12.8. The molecule has 5 nitrogen and oxygen atoms in total. The van der Waals surface area contributed by atoms with Crippen LogP contribution in [0.2, 0.25) is 0 Å². The van der Waals surface area contributed by atoms with Crippen LogP contribution in [0.1, 0.15) is 18.4 Å². The first-order valence-electron chi connectivity index (χ1n) is 7.93. The molecule has 1 saturated heterocycles. The highest BCUT2D eigenvalue weighted by Gasteiger charge is 2.30. The number of aliphatic hydroxyl groups is 1. The summed E-state index contributed by atoms with van der Waals surface area (Å²) in [5.74, 6) is 0.496. The van der Waals surface area contributed by atoms with Gasteiger partial charge in [0.05, 0.1) is 5.60 Å².